The van der Waals surface area contributed by atoms with Crippen molar-refractivity contribution < 1.29 is 9.59 Å². The van der Waals surface area contributed by atoms with Gasteiger partial charge >= 0.3 is 0 Å². The average Bonchev–Trinajstić information content (AvgIpc) is 2.67. The molecule has 7 nitrogen and oxygen atoms in total. The van der Waals surface area contributed by atoms with Gasteiger partial charge in [-0.05, 0) is 6.92 Å². The van der Waals surface area contributed by atoms with Crippen LogP contribution >= 0.6 is 0 Å². The molecular weight excluding hydrogens is 210 g/mol. The van der Waals surface area contributed by atoms with Crippen LogP contribution in [0.3, 0.4) is 0 Å². The first-order valence-corrected chi connectivity index (χ1v) is 4.94. The molecular formula is C9H15N5O2. The van der Waals surface area contributed by atoms with Crippen LogP contribution in [0.15, 0.2) is 12.7 Å². The summed E-state index contributed by atoms with van der Waals surface area (Å²) in [5, 5.41) is 9.08. The molecule has 1 aromatic heterocycles. The van der Waals surface area contributed by atoms with Crippen LogP contribution in [0.2, 0.25) is 0 Å². The Labute approximate surface area is 93.2 Å². The third kappa shape index (κ3) is 4.54. The number of hydrogen-bond acceptors (Lipinski definition) is 4. The number of aromatic nitrogens is 3. The minimum Gasteiger partial charge on any atom is -0.350 e. The minimum atomic E-state index is -0.223. The number of rotatable bonds is 5. The normalized spacial score (nSPS) is 11.9. The van der Waals surface area contributed by atoms with Gasteiger partial charge in [0.15, 0.2) is 0 Å². The van der Waals surface area contributed by atoms with E-state index in [1.807, 2.05) is 6.92 Å². The second-order valence-corrected chi connectivity index (χ2v) is 3.50. The molecule has 16 heavy (non-hydrogen) atoms. The Hall–Kier alpha value is -1.92. The van der Waals surface area contributed by atoms with Crippen LogP contribution < -0.4 is 10.6 Å². The number of carbonyl (C=O) groups excluding carboxylic acids is 2. The van der Waals surface area contributed by atoms with Gasteiger partial charge in [-0.15, -0.1) is 0 Å². The molecule has 1 atom stereocenters. The lowest BCUT2D eigenvalue weighted by Gasteiger charge is -2.13. The van der Waals surface area contributed by atoms with Gasteiger partial charge in [0, 0.05) is 13.0 Å². The van der Waals surface area contributed by atoms with Crippen molar-refractivity contribution in [1.29, 1.82) is 0 Å². The molecule has 0 spiro atoms. The first-order chi connectivity index (χ1) is 7.58. The van der Waals surface area contributed by atoms with Gasteiger partial charge < -0.3 is 10.6 Å². The predicted molar refractivity (Wildman–Crippen MR) is 56.3 cm³/mol. The van der Waals surface area contributed by atoms with Crippen LogP contribution in [-0.4, -0.2) is 39.2 Å². The molecule has 1 aromatic rings. The van der Waals surface area contributed by atoms with Crippen molar-refractivity contribution in [3.05, 3.63) is 12.7 Å². The van der Waals surface area contributed by atoms with E-state index in [1.165, 1.54) is 13.3 Å². The number of nitrogens with one attached hydrogen (secondary N) is 2. The van der Waals surface area contributed by atoms with E-state index < -0.39 is 0 Å². The summed E-state index contributed by atoms with van der Waals surface area (Å²) in [6, 6.07) is -0.0667. The Morgan fingerprint density at radius 1 is 1.50 bits per heavy atom. The molecule has 0 radical (unpaired) electrons. The lowest BCUT2D eigenvalue weighted by molar-refractivity contribution is -0.125. The summed E-state index contributed by atoms with van der Waals surface area (Å²) in [6.45, 7) is 3.77. The third-order valence-corrected chi connectivity index (χ3v) is 1.83. The maximum absolute atomic E-state index is 11.3. The predicted octanol–water partition coefficient (Wildman–Crippen LogP) is -1.08. The second-order valence-electron chi connectivity index (χ2n) is 3.50. The summed E-state index contributed by atoms with van der Waals surface area (Å²) in [5.41, 5.74) is 0. The quantitative estimate of drug-likeness (QED) is 0.667. The molecule has 0 bridgehead atoms. The summed E-state index contributed by atoms with van der Waals surface area (Å²) < 4.78 is 1.63. The summed E-state index contributed by atoms with van der Waals surface area (Å²) in [4.78, 5) is 25.7. The van der Waals surface area contributed by atoms with E-state index >= 15 is 0 Å². The average molecular weight is 225 g/mol. The van der Waals surface area contributed by atoms with E-state index in [1.54, 1.807) is 11.0 Å². The minimum absolute atomic E-state index is 0.00295. The molecule has 0 aliphatic heterocycles. The van der Waals surface area contributed by atoms with Gasteiger partial charge in [0.05, 0.1) is 13.1 Å². The molecule has 0 saturated carbocycles. The van der Waals surface area contributed by atoms with Crippen molar-refractivity contribution in [2.75, 3.05) is 6.54 Å². The lowest BCUT2D eigenvalue weighted by Crippen LogP contribution is -2.41. The Morgan fingerprint density at radius 3 is 2.81 bits per heavy atom. The summed E-state index contributed by atoms with van der Waals surface area (Å²) in [6.07, 6.45) is 3.02. The monoisotopic (exact) mass is 225 g/mol. The van der Waals surface area contributed by atoms with Crippen molar-refractivity contribution >= 4 is 11.8 Å². The molecule has 0 aromatic carbocycles. The Balaban J connectivity index is 2.25. The van der Waals surface area contributed by atoms with Gasteiger partial charge in [0.25, 0.3) is 0 Å². The zero-order valence-electron chi connectivity index (χ0n) is 9.30. The molecule has 0 fully saturated rings. The van der Waals surface area contributed by atoms with Crippen LogP contribution in [-0.2, 0) is 16.1 Å². The number of carbonyl (C=O) groups is 2. The number of nitrogens with zero attached hydrogens (tertiary/aromatic N) is 3. The van der Waals surface area contributed by atoms with Crippen molar-refractivity contribution in [3.63, 3.8) is 0 Å². The smallest absolute Gasteiger partial charge is 0.239 e. The van der Waals surface area contributed by atoms with E-state index in [2.05, 4.69) is 20.7 Å². The topological polar surface area (TPSA) is 88.9 Å². The molecule has 0 aliphatic carbocycles. The fraction of sp³-hybridized carbons (Fsp3) is 0.556. The molecule has 2 N–H and O–H groups in total. The fourth-order valence-electron chi connectivity index (χ4n) is 1.18. The van der Waals surface area contributed by atoms with Gasteiger partial charge in [0.2, 0.25) is 11.8 Å². The molecule has 1 rings (SSSR count). The Bertz CT molecular complexity index is 349. The summed E-state index contributed by atoms with van der Waals surface area (Å²) in [7, 11) is 0. The van der Waals surface area contributed by atoms with Crippen molar-refractivity contribution in [3.8, 4) is 0 Å². The van der Waals surface area contributed by atoms with Crippen LogP contribution in [0.25, 0.3) is 0 Å². The first-order valence-electron chi connectivity index (χ1n) is 4.94. The third-order valence-electron chi connectivity index (χ3n) is 1.83. The van der Waals surface area contributed by atoms with Crippen LogP contribution in [0.5, 0.6) is 0 Å². The number of hydrogen-bond donors (Lipinski definition) is 2. The fourth-order valence-corrected chi connectivity index (χ4v) is 1.18. The molecule has 7 heteroatoms. The van der Waals surface area contributed by atoms with E-state index in [0.717, 1.165) is 0 Å². The molecule has 88 valence electrons. The van der Waals surface area contributed by atoms with E-state index in [0.29, 0.717) is 6.54 Å². The van der Waals surface area contributed by atoms with Crippen LogP contribution in [0.1, 0.15) is 13.8 Å². The Morgan fingerprint density at radius 2 is 2.25 bits per heavy atom. The first kappa shape index (κ1) is 12.2. The van der Waals surface area contributed by atoms with Gasteiger partial charge in [-0.1, -0.05) is 0 Å². The highest BCUT2D eigenvalue weighted by molar-refractivity contribution is 5.83. The largest absolute Gasteiger partial charge is 0.350 e. The van der Waals surface area contributed by atoms with Crippen molar-refractivity contribution in [1.82, 2.24) is 25.4 Å². The summed E-state index contributed by atoms with van der Waals surface area (Å²) in [5.74, 6) is -0.443. The molecule has 1 heterocycles. The van der Waals surface area contributed by atoms with Crippen LogP contribution in [0.4, 0.5) is 0 Å². The van der Waals surface area contributed by atoms with Gasteiger partial charge in [0.1, 0.15) is 12.7 Å². The maximum atomic E-state index is 11.3. The van der Waals surface area contributed by atoms with Gasteiger partial charge in [-0.2, -0.15) is 5.10 Å². The van der Waals surface area contributed by atoms with E-state index in [9.17, 15) is 9.59 Å². The van der Waals surface area contributed by atoms with Crippen LogP contribution in [0, 0.1) is 0 Å². The molecule has 0 saturated heterocycles. The lowest BCUT2D eigenvalue weighted by atomic mass is 10.3. The van der Waals surface area contributed by atoms with E-state index in [4.69, 9.17) is 0 Å². The molecule has 1 unspecified atom stereocenters. The zero-order valence-corrected chi connectivity index (χ0v) is 9.30. The second kappa shape index (κ2) is 5.84. The highest BCUT2D eigenvalue weighted by Gasteiger charge is 2.08. The van der Waals surface area contributed by atoms with Gasteiger partial charge in [-0.25, -0.2) is 4.98 Å². The molecule has 0 aliphatic rings. The van der Waals surface area contributed by atoms with E-state index in [-0.39, 0.29) is 24.4 Å². The SMILES string of the molecule is CC(=O)NCC(=O)NC(C)Cn1cncn1. The standard InChI is InChI=1S/C9H15N5O2/c1-7(4-14-6-10-5-12-14)13-9(16)3-11-8(2)15/h5-7H,3-4H2,1-2H3,(H,11,15)(H,13,16). The Kier molecular flexibility index (Phi) is 4.43. The summed E-state index contributed by atoms with van der Waals surface area (Å²) >= 11 is 0. The van der Waals surface area contributed by atoms with Gasteiger partial charge in [-0.3, -0.25) is 14.3 Å². The number of amides is 2. The highest BCUT2D eigenvalue weighted by atomic mass is 16.2. The van der Waals surface area contributed by atoms with Crippen molar-refractivity contribution in [2.24, 2.45) is 0 Å². The molecule has 2 amide bonds. The maximum Gasteiger partial charge on any atom is 0.239 e. The van der Waals surface area contributed by atoms with Crippen molar-refractivity contribution in [2.45, 2.75) is 26.4 Å². The highest BCUT2D eigenvalue weighted by Crippen LogP contribution is 1.88. The zero-order chi connectivity index (χ0) is 12.0.